The lowest BCUT2D eigenvalue weighted by atomic mass is 10.1. The van der Waals surface area contributed by atoms with Crippen molar-refractivity contribution in [1.29, 1.82) is 0 Å². The smallest absolute Gasteiger partial charge is 0.277 e. The number of likely N-dealkylation sites (N-methyl/N-ethyl adjacent to an activating group) is 2. The second kappa shape index (κ2) is 15.0. The van der Waals surface area contributed by atoms with Gasteiger partial charge in [0.1, 0.15) is 0 Å². The third-order valence-corrected chi connectivity index (χ3v) is 4.97. The molecule has 0 aromatic carbocycles. The molecule has 0 radical (unpaired) electrons. The van der Waals surface area contributed by atoms with Gasteiger partial charge in [0.15, 0.2) is 6.54 Å². The number of quaternary nitrogens is 1. The largest absolute Gasteiger partial charge is 0.548 e. The number of hydrogen-bond acceptors (Lipinski definition) is 3. The zero-order valence-electron chi connectivity index (χ0n) is 17.7. The standard InChI is InChI=1S/C21H42N2O3/c1-5-6-7-8-9-10-11-12-13-14-15-16-17-23(3,4)19-20(24)22(2)18-21(25)26/h5-19H2,1-4H3. The minimum atomic E-state index is -1.22. The highest BCUT2D eigenvalue weighted by atomic mass is 16.4. The Labute approximate surface area is 161 Å². The highest BCUT2D eigenvalue weighted by Gasteiger charge is 2.22. The fourth-order valence-corrected chi connectivity index (χ4v) is 3.23. The molecule has 0 aromatic rings. The fourth-order valence-electron chi connectivity index (χ4n) is 3.23. The summed E-state index contributed by atoms with van der Waals surface area (Å²) in [4.78, 5) is 23.8. The number of carbonyl (C=O) groups excluding carboxylic acids is 2. The van der Waals surface area contributed by atoms with Gasteiger partial charge in [0.05, 0.1) is 33.2 Å². The van der Waals surface area contributed by atoms with E-state index in [1.54, 1.807) is 0 Å². The van der Waals surface area contributed by atoms with Gasteiger partial charge in [0.2, 0.25) is 0 Å². The van der Waals surface area contributed by atoms with E-state index in [2.05, 4.69) is 6.92 Å². The first-order valence-electron chi connectivity index (χ1n) is 10.5. The Morgan fingerprint density at radius 1 is 0.808 bits per heavy atom. The van der Waals surface area contributed by atoms with Gasteiger partial charge in [0, 0.05) is 7.05 Å². The van der Waals surface area contributed by atoms with Crippen LogP contribution >= 0.6 is 0 Å². The quantitative estimate of drug-likeness (QED) is 0.292. The van der Waals surface area contributed by atoms with Crippen molar-refractivity contribution in [1.82, 2.24) is 4.90 Å². The van der Waals surface area contributed by atoms with Crippen LogP contribution in [0.1, 0.15) is 84.0 Å². The predicted octanol–water partition coefficient (Wildman–Crippen LogP) is 2.97. The predicted molar refractivity (Wildman–Crippen MR) is 106 cm³/mol. The molecule has 0 aliphatic heterocycles. The maximum Gasteiger partial charge on any atom is 0.277 e. The zero-order chi connectivity index (χ0) is 19.8. The van der Waals surface area contributed by atoms with Crippen LogP contribution < -0.4 is 5.11 Å². The Kier molecular flexibility index (Phi) is 14.4. The monoisotopic (exact) mass is 370 g/mol. The lowest BCUT2D eigenvalue weighted by molar-refractivity contribution is -0.882. The number of hydrogen-bond donors (Lipinski definition) is 0. The van der Waals surface area contributed by atoms with Crippen molar-refractivity contribution in [3.8, 4) is 0 Å². The summed E-state index contributed by atoms with van der Waals surface area (Å²) in [5.41, 5.74) is 0. The molecule has 26 heavy (non-hydrogen) atoms. The molecule has 0 saturated carbocycles. The first kappa shape index (κ1) is 24.9. The van der Waals surface area contributed by atoms with Gasteiger partial charge in [-0.2, -0.15) is 0 Å². The van der Waals surface area contributed by atoms with Crippen LogP contribution in [0.2, 0.25) is 0 Å². The van der Waals surface area contributed by atoms with Crippen LogP contribution in [0.3, 0.4) is 0 Å². The van der Waals surface area contributed by atoms with Crippen molar-refractivity contribution < 1.29 is 19.2 Å². The van der Waals surface area contributed by atoms with E-state index in [4.69, 9.17) is 0 Å². The molecule has 0 rings (SSSR count). The summed E-state index contributed by atoms with van der Waals surface area (Å²) in [5, 5.41) is 10.6. The number of aliphatic carboxylic acids is 1. The molecule has 0 bridgehead atoms. The third kappa shape index (κ3) is 15.2. The van der Waals surface area contributed by atoms with E-state index in [0.717, 1.165) is 13.0 Å². The molecular weight excluding hydrogens is 328 g/mol. The molecule has 0 saturated heterocycles. The minimum absolute atomic E-state index is 0.141. The molecule has 5 heteroatoms. The highest BCUT2D eigenvalue weighted by Crippen LogP contribution is 2.12. The van der Waals surface area contributed by atoms with Crippen LogP contribution in [-0.2, 0) is 9.59 Å². The number of carboxylic acids is 1. The van der Waals surface area contributed by atoms with Crippen molar-refractivity contribution >= 4 is 11.9 Å². The van der Waals surface area contributed by atoms with Crippen LogP contribution in [0.25, 0.3) is 0 Å². The molecule has 0 spiro atoms. The number of amides is 1. The Balaban J connectivity index is 3.61. The summed E-state index contributed by atoms with van der Waals surface area (Å²) >= 11 is 0. The lowest BCUT2D eigenvalue weighted by Gasteiger charge is -2.31. The summed E-state index contributed by atoms with van der Waals surface area (Å²) in [6, 6.07) is 0. The summed E-state index contributed by atoms with van der Waals surface area (Å²) in [6.07, 6.45) is 15.9. The molecular formula is C21H42N2O3. The van der Waals surface area contributed by atoms with E-state index < -0.39 is 5.97 Å². The molecule has 0 heterocycles. The maximum atomic E-state index is 12.0. The average Bonchev–Trinajstić information content (AvgIpc) is 2.54. The Morgan fingerprint density at radius 3 is 1.65 bits per heavy atom. The molecule has 1 amide bonds. The van der Waals surface area contributed by atoms with Gasteiger partial charge in [-0.15, -0.1) is 0 Å². The van der Waals surface area contributed by atoms with E-state index in [0.29, 0.717) is 11.0 Å². The molecule has 0 aliphatic rings. The number of carbonyl (C=O) groups is 2. The topological polar surface area (TPSA) is 60.4 Å². The fraction of sp³-hybridized carbons (Fsp3) is 0.905. The van der Waals surface area contributed by atoms with E-state index >= 15 is 0 Å². The maximum absolute atomic E-state index is 12.0. The Morgan fingerprint density at radius 2 is 1.23 bits per heavy atom. The molecule has 0 N–H and O–H groups in total. The van der Waals surface area contributed by atoms with E-state index in [-0.39, 0.29) is 12.5 Å². The second-order valence-corrected chi connectivity index (χ2v) is 8.33. The van der Waals surface area contributed by atoms with Gasteiger partial charge in [-0.05, 0) is 12.8 Å². The highest BCUT2D eigenvalue weighted by molar-refractivity contribution is 5.81. The van der Waals surface area contributed by atoms with Crippen molar-refractivity contribution in [2.45, 2.75) is 84.0 Å². The van der Waals surface area contributed by atoms with Gasteiger partial charge in [-0.1, -0.05) is 71.1 Å². The second-order valence-electron chi connectivity index (χ2n) is 8.33. The molecule has 0 aromatic heterocycles. The third-order valence-electron chi connectivity index (χ3n) is 4.97. The molecule has 5 nitrogen and oxygen atoms in total. The van der Waals surface area contributed by atoms with Crippen molar-refractivity contribution in [3.05, 3.63) is 0 Å². The van der Waals surface area contributed by atoms with Crippen LogP contribution in [0.15, 0.2) is 0 Å². The van der Waals surface area contributed by atoms with Crippen LogP contribution in [0.4, 0.5) is 0 Å². The van der Waals surface area contributed by atoms with Crippen LogP contribution in [-0.4, -0.2) is 62.0 Å². The molecule has 154 valence electrons. The van der Waals surface area contributed by atoms with Gasteiger partial charge in [-0.25, -0.2) is 0 Å². The normalized spacial score (nSPS) is 11.5. The zero-order valence-corrected chi connectivity index (χ0v) is 17.7. The SMILES string of the molecule is CCCCCCCCCCCCCC[N+](C)(C)CC(=O)N(C)CC(=O)[O-]. The van der Waals surface area contributed by atoms with E-state index in [1.807, 2.05) is 14.1 Å². The molecule has 0 fully saturated rings. The van der Waals surface area contributed by atoms with E-state index in [1.165, 1.54) is 82.6 Å². The van der Waals surface area contributed by atoms with Crippen molar-refractivity contribution in [2.24, 2.45) is 0 Å². The first-order chi connectivity index (χ1) is 12.3. The van der Waals surface area contributed by atoms with Gasteiger partial charge < -0.3 is 19.3 Å². The number of rotatable bonds is 17. The van der Waals surface area contributed by atoms with Crippen molar-refractivity contribution in [2.75, 3.05) is 40.8 Å². The number of nitrogens with zero attached hydrogens (tertiary/aromatic N) is 2. The van der Waals surface area contributed by atoms with Gasteiger partial charge in [-0.3, -0.25) is 4.79 Å². The van der Waals surface area contributed by atoms with Crippen LogP contribution in [0.5, 0.6) is 0 Å². The molecule has 0 atom stereocenters. The van der Waals surface area contributed by atoms with Gasteiger partial charge in [0.25, 0.3) is 5.91 Å². The summed E-state index contributed by atoms with van der Waals surface area (Å²) < 4.78 is 0.605. The average molecular weight is 371 g/mol. The Bertz CT molecular complexity index is 383. The number of unbranched alkanes of at least 4 members (excludes halogenated alkanes) is 11. The minimum Gasteiger partial charge on any atom is -0.548 e. The first-order valence-corrected chi connectivity index (χ1v) is 10.5. The Hall–Kier alpha value is -1.10. The molecule has 0 unspecified atom stereocenters. The lowest BCUT2D eigenvalue weighted by Crippen LogP contribution is -2.50. The molecule has 0 aliphatic carbocycles. The number of carboxylic acid groups (broad SMARTS) is 1. The van der Waals surface area contributed by atoms with Crippen LogP contribution in [0, 0.1) is 0 Å². The van der Waals surface area contributed by atoms with E-state index in [9.17, 15) is 14.7 Å². The van der Waals surface area contributed by atoms with Gasteiger partial charge >= 0.3 is 0 Å². The summed E-state index contributed by atoms with van der Waals surface area (Å²) in [5.74, 6) is -1.36. The summed E-state index contributed by atoms with van der Waals surface area (Å²) in [7, 11) is 5.58. The van der Waals surface area contributed by atoms with Crippen molar-refractivity contribution in [3.63, 3.8) is 0 Å². The summed E-state index contributed by atoms with van der Waals surface area (Å²) in [6.45, 7) is 3.20.